The van der Waals surface area contributed by atoms with Gasteiger partial charge in [0.25, 0.3) is 0 Å². The second-order valence-electron chi connectivity index (χ2n) is 11.1. The predicted octanol–water partition coefficient (Wildman–Crippen LogP) is 3.55. The molecule has 3 aromatic rings. The Labute approximate surface area is 227 Å². The number of piperidine rings is 1. The van der Waals surface area contributed by atoms with Crippen LogP contribution in [0.4, 0.5) is 10.6 Å². The average molecular weight is 534 g/mol. The summed E-state index contributed by atoms with van der Waals surface area (Å²) < 4.78 is 13.0. The van der Waals surface area contributed by atoms with Gasteiger partial charge in [0.2, 0.25) is 0 Å². The minimum atomic E-state index is -0.916. The smallest absolute Gasteiger partial charge is 0.410 e. The van der Waals surface area contributed by atoms with Gasteiger partial charge in [0.1, 0.15) is 24.1 Å². The molecule has 2 aromatic heterocycles. The van der Waals surface area contributed by atoms with Crippen molar-refractivity contribution in [2.45, 2.75) is 63.7 Å². The molecule has 0 saturated carbocycles. The number of rotatable bonds is 5. The molecule has 206 valence electrons. The number of ether oxygens (including phenoxy) is 2. The normalized spacial score (nSPS) is 21.4. The molecule has 2 N–H and O–H groups in total. The maximum atomic E-state index is 13.6. The van der Waals surface area contributed by atoms with E-state index in [9.17, 15) is 9.59 Å². The van der Waals surface area contributed by atoms with Gasteiger partial charge in [-0.15, -0.1) is 0 Å². The Bertz CT molecular complexity index is 1380. The number of hydrogen-bond donors (Lipinski definition) is 1. The fourth-order valence-electron chi connectivity index (χ4n) is 5.19. The lowest BCUT2D eigenvalue weighted by Gasteiger charge is -2.39. The maximum absolute atomic E-state index is 13.6. The zero-order valence-corrected chi connectivity index (χ0v) is 22.8. The Morgan fingerprint density at radius 1 is 1.18 bits per heavy atom. The molecular formula is C28H35N7O4. The summed E-state index contributed by atoms with van der Waals surface area (Å²) in [4.78, 5) is 33.4. The van der Waals surface area contributed by atoms with Crippen molar-refractivity contribution in [3.05, 3.63) is 59.4 Å². The van der Waals surface area contributed by atoms with Crippen LogP contribution in [0.3, 0.4) is 0 Å². The first-order valence-electron chi connectivity index (χ1n) is 13.2. The average Bonchev–Trinajstić information content (AvgIpc) is 3.52. The Morgan fingerprint density at radius 2 is 1.95 bits per heavy atom. The van der Waals surface area contributed by atoms with E-state index in [0.29, 0.717) is 43.1 Å². The summed E-state index contributed by atoms with van der Waals surface area (Å²) in [5.41, 5.74) is 8.69. The van der Waals surface area contributed by atoms with Crippen molar-refractivity contribution in [1.82, 2.24) is 24.5 Å². The van der Waals surface area contributed by atoms with Gasteiger partial charge in [0.05, 0.1) is 11.9 Å². The summed E-state index contributed by atoms with van der Waals surface area (Å²) in [6.45, 7) is 6.60. The number of anilines is 1. The number of carbonyl (C=O) groups excluding carboxylic acids is 2. The lowest BCUT2D eigenvalue weighted by atomic mass is 9.86. The Morgan fingerprint density at radius 3 is 2.64 bits per heavy atom. The number of benzene rings is 1. The summed E-state index contributed by atoms with van der Waals surface area (Å²) in [6, 6.07) is 10.3. The van der Waals surface area contributed by atoms with E-state index >= 15 is 0 Å². The molecule has 3 atom stereocenters. The van der Waals surface area contributed by atoms with E-state index in [1.165, 1.54) is 4.90 Å². The largest absolute Gasteiger partial charge is 0.458 e. The van der Waals surface area contributed by atoms with Crippen LogP contribution in [0.15, 0.2) is 47.7 Å². The van der Waals surface area contributed by atoms with Gasteiger partial charge in [0.15, 0.2) is 5.65 Å². The van der Waals surface area contributed by atoms with E-state index < -0.39 is 29.6 Å². The van der Waals surface area contributed by atoms with Gasteiger partial charge in [-0.1, -0.05) is 30.3 Å². The van der Waals surface area contributed by atoms with Crippen LogP contribution >= 0.6 is 0 Å². The van der Waals surface area contributed by atoms with Crippen LogP contribution in [0.25, 0.3) is 5.65 Å². The lowest BCUT2D eigenvalue weighted by molar-refractivity contribution is -0.163. The molecule has 11 nitrogen and oxygen atoms in total. The van der Waals surface area contributed by atoms with Gasteiger partial charge in [-0.05, 0) is 39.2 Å². The molecule has 2 aliphatic rings. The van der Waals surface area contributed by atoms with Crippen molar-refractivity contribution >= 4 is 29.7 Å². The summed E-state index contributed by atoms with van der Waals surface area (Å²) in [6.07, 6.45) is 4.37. The Balaban J connectivity index is 1.49. The number of hydrazone groups is 1. The number of fused-ring (bicyclic) bond motifs is 1. The second-order valence-corrected chi connectivity index (χ2v) is 11.1. The molecule has 0 spiro atoms. The van der Waals surface area contributed by atoms with E-state index in [1.807, 2.05) is 69.4 Å². The number of esters is 1. The van der Waals surface area contributed by atoms with Crippen LogP contribution in [0, 0.1) is 0 Å². The van der Waals surface area contributed by atoms with Crippen molar-refractivity contribution in [2.75, 3.05) is 25.9 Å². The molecule has 1 amide bonds. The standard InChI is InChI=1S/C28H35N7O4/c1-28(2,3)39-26(36)24-20(11-8-12-34(24)27(37)38-17-18-9-6-5-7-10-18)22-13-23(29)35-25(32-22)21(15-31-35)19-14-30-33(4)16-19/h5-7,9-10,13-15,19-20,24H,8,11-12,16-17,29H2,1-4H3. The van der Waals surface area contributed by atoms with Crippen LogP contribution in [-0.4, -0.2) is 74.6 Å². The molecule has 2 aliphatic heterocycles. The first-order chi connectivity index (χ1) is 18.6. The molecule has 3 unspecified atom stereocenters. The van der Waals surface area contributed by atoms with Gasteiger partial charge in [-0.25, -0.2) is 14.6 Å². The molecule has 1 aromatic carbocycles. The number of nitrogens with zero attached hydrogens (tertiary/aromatic N) is 6. The second kappa shape index (κ2) is 10.5. The molecule has 0 radical (unpaired) electrons. The number of hydrogen-bond acceptors (Lipinski definition) is 9. The number of likely N-dealkylation sites (tertiary alicyclic amines) is 1. The van der Waals surface area contributed by atoms with Crippen molar-refractivity contribution in [2.24, 2.45) is 5.10 Å². The Hall–Kier alpha value is -4.15. The first kappa shape index (κ1) is 26.5. The third kappa shape index (κ3) is 5.67. The van der Waals surface area contributed by atoms with Gasteiger partial charge in [-0.2, -0.15) is 14.7 Å². The zero-order valence-electron chi connectivity index (χ0n) is 22.8. The fourth-order valence-corrected chi connectivity index (χ4v) is 5.19. The molecular weight excluding hydrogens is 498 g/mol. The topological polar surface area (TPSA) is 128 Å². The minimum absolute atomic E-state index is 0.0205. The van der Waals surface area contributed by atoms with Crippen LogP contribution in [0.2, 0.25) is 0 Å². The molecule has 39 heavy (non-hydrogen) atoms. The summed E-state index contributed by atoms with van der Waals surface area (Å²) >= 11 is 0. The molecule has 4 heterocycles. The van der Waals surface area contributed by atoms with Gasteiger partial charge < -0.3 is 15.2 Å². The van der Waals surface area contributed by atoms with Crippen LogP contribution in [0.1, 0.15) is 62.3 Å². The predicted molar refractivity (Wildman–Crippen MR) is 146 cm³/mol. The number of likely N-dealkylation sites (N-methyl/N-ethyl adjacent to an activating group) is 1. The quantitative estimate of drug-likeness (QED) is 0.493. The zero-order chi connectivity index (χ0) is 27.7. The third-order valence-electron chi connectivity index (χ3n) is 6.95. The van der Waals surface area contributed by atoms with Gasteiger partial charge in [-0.3, -0.25) is 9.91 Å². The first-order valence-corrected chi connectivity index (χ1v) is 13.2. The van der Waals surface area contributed by atoms with E-state index in [-0.39, 0.29) is 12.5 Å². The number of nitrogen functional groups attached to an aromatic ring is 1. The summed E-state index contributed by atoms with van der Waals surface area (Å²) in [5, 5.41) is 10.7. The number of aromatic nitrogens is 3. The molecule has 5 rings (SSSR count). The maximum Gasteiger partial charge on any atom is 0.410 e. The van der Waals surface area contributed by atoms with E-state index in [4.69, 9.17) is 20.2 Å². The van der Waals surface area contributed by atoms with Crippen molar-refractivity contribution in [3.8, 4) is 0 Å². The highest BCUT2D eigenvalue weighted by molar-refractivity contribution is 5.83. The van der Waals surface area contributed by atoms with Crippen molar-refractivity contribution < 1.29 is 19.1 Å². The molecule has 1 saturated heterocycles. The molecule has 11 heteroatoms. The Kier molecular flexibility index (Phi) is 7.16. The number of nitrogens with two attached hydrogens (primary N) is 1. The highest BCUT2D eigenvalue weighted by Crippen LogP contribution is 2.36. The number of carbonyl (C=O) groups is 2. The molecule has 1 fully saturated rings. The minimum Gasteiger partial charge on any atom is -0.458 e. The van der Waals surface area contributed by atoms with Gasteiger partial charge in [0, 0.05) is 49.8 Å². The molecule has 0 aliphatic carbocycles. The third-order valence-corrected chi connectivity index (χ3v) is 6.95. The van der Waals surface area contributed by atoms with E-state index in [0.717, 1.165) is 11.1 Å². The van der Waals surface area contributed by atoms with E-state index in [1.54, 1.807) is 16.8 Å². The lowest BCUT2D eigenvalue weighted by Crippen LogP contribution is -2.53. The number of amides is 1. The van der Waals surface area contributed by atoms with Crippen LogP contribution in [-0.2, 0) is 20.9 Å². The van der Waals surface area contributed by atoms with Crippen molar-refractivity contribution in [3.63, 3.8) is 0 Å². The van der Waals surface area contributed by atoms with Gasteiger partial charge >= 0.3 is 12.1 Å². The summed E-state index contributed by atoms with van der Waals surface area (Å²) in [7, 11) is 1.91. The van der Waals surface area contributed by atoms with Crippen molar-refractivity contribution in [1.29, 1.82) is 0 Å². The monoisotopic (exact) mass is 533 g/mol. The van der Waals surface area contributed by atoms with E-state index in [2.05, 4.69) is 10.2 Å². The van der Waals surface area contributed by atoms with Crippen LogP contribution < -0.4 is 5.73 Å². The highest BCUT2D eigenvalue weighted by atomic mass is 16.6. The van der Waals surface area contributed by atoms with Crippen LogP contribution in [0.5, 0.6) is 0 Å². The summed E-state index contributed by atoms with van der Waals surface area (Å²) in [5.74, 6) is -0.515. The fraction of sp³-hybridized carbons (Fsp3) is 0.464. The molecule has 0 bridgehead atoms. The highest BCUT2D eigenvalue weighted by Gasteiger charge is 2.44. The SMILES string of the molecule is CN1CC(c2cnn3c(N)cc(C4CCCN(C(=O)OCc5ccccc5)C4C(=O)OC(C)(C)C)nc23)C=N1.